The molecule has 2 nitrogen and oxygen atoms in total. The monoisotopic (exact) mass is 292 g/mol. The third-order valence-corrected chi connectivity index (χ3v) is 5.12. The number of halogens is 1. The maximum absolute atomic E-state index is 6.27. The molecule has 1 aromatic heterocycles. The Bertz CT molecular complexity index is 579. The Morgan fingerprint density at radius 3 is 3.05 bits per heavy atom. The van der Waals surface area contributed by atoms with Gasteiger partial charge in [0.05, 0.1) is 10.7 Å². The lowest BCUT2D eigenvalue weighted by molar-refractivity contribution is 0.523. The molecule has 0 fully saturated rings. The molecular formula is C15H17ClN2S. The molecular weight excluding hydrogens is 276 g/mol. The summed E-state index contributed by atoms with van der Waals surface area (Å²) in [6.45, 7) is 1.01. The minimum Gasteiger partial charge on any atom is -0.319 e. The predicted octanol–water partition coefficient (Wildman–Crippen LogP) is 4.10. The summed E-state index contributed by atoms with van der Waals surface area (Å²) in [6, 6.07) is 7.97. The number of aryl methyl sites for hydroxylation is 1. The van der Waals surface area contributed by atoms with Gasteiger partial charge >= 0.3 is 0 Å². The Morgan fingerprint density at radius 2 is 2.26 bits per heavy atom. The number of fused-ring (bicyclic) bond motifs is 1. The second-order valence-corrected chi connectivity index (χ2v) is 6.44. The van der Waals surface area contributed by atoms with Gasteiger partial charge in [0.15, 0.2) is 0 Å². The number of hydrogen-bond donors (Lipinski definition) is 1. The third kappa shape index (κ3) is 2.55. The van der Waals surface area contributed by atoms with Crippen molar-refractivity contribution in [2.45, 2.75) is 25.2 Å². The molecule has 0 radical (unpaired) electrons. The number of likely N-dealkylation sites (N-methyl/N-ethyl adjacent to an activating group) is 1. The maximum Gasteiger partial charge on any atom is 0.125 e. The normalized spacial score (nSPS) is 18.3. The summed E-state index contributed by atoms with van der Waals surface area (Å²) < 4.78 is 0. The molecule has 19 heavy (non-hydrogen) atoms. The highest BCUT2D eigenvalue weighted by Gasteiger charge is 2.24. The van der Waals surface area contributed by atoms with Gasteiger partial charge in [0, 0.05) is 22.9 Å². The van der Waals surface area contributed by atoms with Crippen molar-refractivity contribution in [3.8, 4) is 10.6 Å². The van der Waals surface area contributed by atoms with Crippen LogP contribution in [0.2, 0.25) is 5.02 Å². The fraction of sp³-hybridized carbons (Fsp3) is 0.400. The van der Waals surface area contributed by atoms with E-state index >= 15 is 0 Å². The summed E-state index contributed by atoms with van der Waals surface area (Å²) in [5, 5.41) is 5.14. The van der Waals surface area contributed by atoms with Gasteiger partial charge in [-0.15, -0.1) is 11.3 Å². The van der Waals surface area contributed by atoms with Gasteiger partial charge in [-0.3, -0.25) is 0 Å². The summed E-state index contributed by atoms with van der Waals surface area (Å²) >= 11 is 8.08. The van der Waals surface area contributed by atoms with Crippen LogP contribution in [0.25, 0.3) is 10.6 Å². The summed E-state index contributed by atoms with van der Waals surface area (Å²) in [6.07, 6.45) is 3.67. The Hall–Kier alpha value is -0.900. The van der Waals surface area contributed by atoms with Crippen LogP contribution in [0.4, 0.5) is 0 Å². The maximum atomic E-state index is 6.27. The largest absolute Gasteiger partial charge is 0.319 e. The summed E-state index contributed by atoms with van der Waals surface area (Å²) in [5.74, 6) is 0.557. The Labute approximate surface area is 122 Å². The standard InChI is InChI=1S/C15H17ClN2S/c1-17-9-10-5-4-8-13-14(10)18-15(19-13)11-6-2-3-7-12(11)16/h2-3,6-7,10,17H,4-5,8-9H2,1H3. The van der Waals surface area contributed by atoms with Crippen LogP contribution in [-0.4, -0.2) is 18.6 Å². The SMILES string of the molecule is CNCC1CCCc2sc(-c3ccccc3Cl)nc21. The average Bonchev–Trinajstić information content (AvgIpc) is 2.84. The van der Waals surface area contributed by atoms with Crippen LogP contribution < -0.4 is 5.32 Å². The zero-order valence-corrected chi connectivity index (χ0v) is 12.5. The van der Waals surface area contributed by atoms with E-state index in [4.69, 9.17) is 16.6 Å². The molecule has 1 aromatic carbocycles. The molecule has 1 aliphatic carbocycles. The van der Waals surface area contributed by atoms with Gasteiger partial charge in [-0.2, -0.15) is 0 Å². The number of hydrogen-bond acceptors (Lipinski definition) is 3. The quantitative estimate of drug-likeness (QED) is 0.921. The van der Waals surface area contributed by atoms with E-state index in [1.165, 1.54) is 23.4 Å². The molecule has 3 rings (SSSR count). The molecule has 4 heteroatoms. The van der Waals surface area contributed by atoms with Crippen LogP contribution in [0, 0.1) is 0 Å². The van der Waals surface area contributed by atoms with Crippen LogP contribution >= 0.6 is 22.9 Å². The van der Waals surface area contributed by atoms with E-state index in [0.717, 1.165) is 28.6 Å². The van der Waals surface area contributed by atoms with Crippen molar-refractivity contribution in [1.29, 1.82) is 0 Å². The molecule has 0 saturated heterocycles. The van der Waals surface area contributed by atoms with Crippen LogP contribution in [0.15, 0.2) is 24.3 Å². The van der Waals surface area contributed by atoms with Crippen LogP contribution in [0.5, 0.6) is 0 Å². The van der Waals surface area contributed by atoms with E-state index in [1.807, 2.05) is 36.6 Å². The molecule has 2 aromatic rings. The molecule has 1 heterocycles. The number of nitrogens with zero attached hydrogens (tertiary/aromatic N) is 1. The lowest BCUT2D eigenvalue weighted by Crippen LogP contribution is -2.20. The van der Waals surface area contributed by atoms with Crippen LogP contribution in [0.1, 0.15) is 29.3 Å². The lowest BCUT2D eigenvalue weighted by atomic mass is 9.91. The van der Waals surface area contributed by atoms with Gasteiger partial charge in [-0.05, 0) is 32.4 Å². The van der Waals surface area contributed by atoms with Gasteiger partial charge in [0.2, 0.25) is 0 Å². The van der Waals surface area contributed by atoms with Crippen LogP contribution in [-0.2, 0) is 6.42 Å². The molecule has 1 atom stereocenters. The van der Waals surface area contributed by atoms with E-state index in [0.29, 0.717) is 5.92 Å². The molecule has 0 saturated carbocycles. The number of thiazole rings is 1. The molecule has 1 N–H and O–H groups in total. The van der Waals surface area contributed by atoms with Crippen LogP contribution in [0.3, 0.4) is 0 Å². The first-order valence-corrected chi connectivity index (χ1v) is 7.88. The smallest absolute Gasteiger partial charge is 0.125 e. The zero-order valence-electron chi connectivity index (χ0n) is 10.9. The van der Waals surface area contributed by atoms with Crippen molar-refractivity contribution in [3.63, 3.8) is 0 Å². The fourth-order valence-electron chi connectivity index (χ4n) is 2.70. The minimum atomic E-state index is 0.557. The molecule has 0 spiro atoms. The summed E-state index contributed by atoms with van der Waals surface area (Å²) in [7, 11) is 2.01. The van der Waals surface area contributed by atoms with Gasteiger partial charge < -0.3 is 5.32 Å². The minimum absolute atomic E-state index is 0.557. The first-order chi connectivity index (χ1) is 9.29. The van der Waals surface area contributed by atoms with E-state index in [-0.39, 0.29) is 0 Å². The second kappa shape index (κ2) is 5.61. The molecule has 0 bridgehead atoms. The average molecular weight is 293 g/mol. The van der Waals surface area contributed by atoms with Crippen molar-refractivity contribution in [1.82, 2.24) is 10.3 Å². The van der Waals surface area contributed by atoms with Crippen molar-refractivity contribution in [2.24, 2.45) is 0 Å². The van der Waals surface area contributed by atoms with Gasteiger partial charge in [0.25, 0.3) is 0 Å². The fourth-order valence-corrected chi connectivity index (χ4v) is 4.21. The van der Waals surface area contributed by atoms with E-state index in [1.54, 1.807) is 0 Å². The van der Waals surface area contributed by atoms with Gasteiger partial charge in [0.1, 0.15) is 5.01 Å². The molecule has 0 aliphatic heterocycles. The topological polar surface area (TPSA) is 24.9 Å². The van der Waals surface area contributed by atoms with E-state index < -0.39 is 0 Å². The van der Waals surface area contributed by atoms with Crippen molar-refractivity contribution in [2.75, 3.05) is 13.6 Å². The molecule has 1 unspecified atom stereocenters. The Kier molecular flexibility index (Phi) is 3.87. The van der Waals surface area contributed by atoms with Crippen molar-refractivity contribution in [3.05, 3.63) is 39.9 Å². The Morgan fingerprint density at radius 1 is 1.42 bits per heavy atom. The Balaban J connectivity index is 2.00. The number of benzene rings is 1. The molecule has 1 aliphatic rings. The van der Waals surface area contributed by atoms with E-state index in [9.17, 15) is 0 Å². The number of nitrogens with one attached hydrogen (secondary N) is 1. The zero-order chi connectivity index (χ0) is 13.2. The predicted molar refractivity (Wildman–Crippen MR) is 82.2 cm³/mol. The highest BCUT2D eigenvalue weighted by molar-refractivity contribution is 7.15. The van der Waals surface area contributed by atoms with Gasteiger partial charge in [-0.25, -0.2) is 4.98 Å². The summed E-state index contributed by atoms with van der Waals surface area (Å²) in [5.41, 5.74) is 2.35. The highest BCUT2D eigenvalue weighted by Crippen LogP contribution is 2.39. The van der Waals surface area contributed by atoms with E-state index in [2.05, 4.69) is 11.4 Å². The third-order valence-electron chi connectivity index (χ3n) is 3.63. The lowest BCUT2D eigenvalue weighted by Gasteiger charge is -2.20. The second-order valence-electron chi connectivity index (χ2n) is 4.95. The first-order valence-electron chi connectivity index (χ1n) is 6.68. The van der Waals surface area contributed by atoms with Gasteiger partial charge in [-0.1, -0.05) is 29.8 Å². The molecule has 100 valence electrons. The first kappa shape index (κ1) is 13.1. The highest BCUT2D eigenvalue weighted by atomic mass is 35.5. The van der Waals surface area contributed by atoms with Crippen molar-refractivity contribution >= 4 is 22.9 Å². The summed E-state index contributed by atoms with van der Waals surface area (Å²) in [4.78, 5) is 6.32. The van der Waals surface area contributed by atoms with Crippen molar-refractivity contribution < 1.29 is 0 Å². The number of aromatic nitrogens is 1. The number of rotatable bonds is 3. The molecule has 0 amide bonds.